The van der Waals surface area contributed by atoms with Gasteiger partial charge in [0.1, 0.15) is 17.5 Å². The molecule has 100 valence electrons. The summed E-state index contributed by atoms with van der Waals surface area (Å²) in [6.45, 7) is 1.41. The lowest BCUT2D eigenvalue weighted by molar-refractivity contribution is 0.354. The van der Waals surface area contributed by atoms with Crippen LogP contribution in [0, 0.1) is 11.3 Å². The molecule has 0 atom stereocenters. The van der Waals surface area contributed by atoms with Gasteiger partial charge in [-0.1, -0.05) is 15.9 Å². The first-order valence-corrected chi connectivity index (χ1v) is 7.09. The molecule has 2 heterocycles. The number of fused-ring (bicyclic) bond motifs is 1. The third-order valence-corrected chi connectivity index (χ3v) is 3.64. The number of ether oxygens (including phenoxy) is 1. The molecule has 5 heteroatoms. The highest BCUT2D eigenvalue weighted by Gasteiger charge is 2.17. The number of nitriles is 1. The molecule has 0 amide bonds. The van der Waals surface area contributed by atoms with Gasteiger partial charge in [-0.2, -0.15) is 5.26 Å². The second kappa shape index (κ2) is 5.51. The Kier molecular flexibility index (Phi) is 3.57. The molecule has 2 aromatic rings. The monoisotopic (exact) mass is 329 g/mol. The predicted molar refractivity (Wildman–Crippen MR) is 79.6 cm³/mol. The number of hydrogen-bond acceptors (Lipinski definition) is 4. The molecule has 20 heavy (non-hydrogen) atoms. The van der Waals surface area contributed by atoms with Crippen LogP contribution in [-0.2, 0) is 13.0 Å². The first-order valence-electron chi connectivity index (χ1n) is 6.30. The average molecular weight is 330 g/mol. The zero-order chi connectivity index (χ0) is 13.9. The summed E-state index contributed by atoms with van der Waals surface area (Å²) < 4.78 is 6.76. The van der Waals surface area contributed by atoms with Crippen molar-refractivity contribution >= 4 is 21.6 Å². The molecule has 1 aliphatic heterocycles. The SMILES string of the molecule is N#Cc1ccc(NCc2cc(Br)cc3c2OCC3)cn1. The van der Waals surface area contributed by atoms with Crippen molar-refractivity contribution in [1.82, 2.24) is 4.98 Å². The molecular weight excluding hydrogens is 318 g/mol. The Labute approximate surface area is 125 Å². The lowest BCUT2D eigenvalue weighted by atomic mass is 10.1. The standard InChI is InChI=1S/C15H12BrN3O/c16-12-5-10-3-4-20-15(10)11(6-12)8-18-14-2-1-13(7-17)19-9-14/h1-2,5-6,9,18H,3-4,8H2. The van der Waals surface area contributed by atoms with E-state index in [1.165, 1.54) is 5.56 Å². The van der Waals surface area contributed by atoms with Gasteiger partial charge < -0.3 is 10.1 Å². The zero-order valence-corrected chi connectivity index (χ0v) is 12.3. The van der Waals surface area contributed by atoms with Crippen molar-refractivity contribution in [1.29, 1.82) is 5.26 Å². The summed E-state index contributed by atoms with van der Waals surface area (Å²) in [5.41, 5.74) is 3.67. The van der Waals surface area contributed by atoms with E-state index in [0.717, 1.165) is 34.5 Å². The second-order valence-corrected chi connectivity index (χ2v) is 5.46. The Balaban J connectivity index is 1.77. The summed E-state index contributed by atoms with van der Waals surface area (Å²) in [6.07, 6.45) is 2.62. The van der Waals surface area contributed by atoms with Crippen LogP contribution in [0.15, 0.2) is 34.9 Å². The van der Waals surface area contributed by atoms with Gasteiger partial charge in [0, 0.05) is 23.0 Å². The Bertz CT molecular complexity index is 677. The van der Waals surface area contributed by atoms with Gasteiger partial charge in [0.05, 0.1) is 18.5 Å². The fourth-order valence-corrected chi connectivity index (χ4v) is 2.79. The van der Waals surface area contributed by atoms with E-state index in [4.69, 9.17) is 10.00 Å². The Morgan fingerprint density at radius 1 is 1.40 bits per heavy atom. The Morgan fingerprint density at radius 2 is 2.30 bits per heavy atom. The third-order valence-electron chi connectivity index (χ3n) is 3.19. The summed E-state index contributed by atoms with van der Waals surface area (Å²) in [5, 5.41) is 12.0. The Morgan fingerprint density at radius 3 is 3.05 bits per heavy atom. The van der Waals surface area contributed by atoms with Gasteiger partial charge in [0.15, 0.2) is 0 Å². The smallest absolute Gasteiger partial charge is 0.140 e. The summed E-state index contributed by atoms with van der Waals surface area (Å²) in [4.78, 5) is 4.04. The topological polar surface area (TPSA) is 57.9 Å². The number of rotatable bonds is 3. The summed E-state index contributed by atoms with van der Waals surface area (Å²) in [7, 11) is 0. The maximum atomic E-state index is 8.72. The maximum absolute atomic E-state index is 8.72. The summed E-state index contributed by atoms with van der Waals surface area (Å²) >= 11 is 3.53. The van der Waals surface area contributed by atoms with E-state index in [1.807, 2.05) is 12.1 Å². The van der Waals surface area contributed by atoms with E-state index in [-0.39, 0.29) is 0 Å². The van der Waals surface area contributed by atoms with E-state index < -0.39 is 0 Å². The molecular formula is C15H12BrN3O. The minimum atomic E-state index is 0.419. The van der Waals surface area contributed by atoms with Crippen molar-refractivity contribution in [2.24, 2.45) is 0 Å². The molecule has 0 aliphatic carbocycles. The molecule has 1 N–H and O–H groups in total. The van der Waals surface area contributed by atoms with Gasteiger partial charge in [-0.3, -0.25) is 0 Å². The first-order chi connectivity index (χ1) is 9.76. The molecule has 0 saturated heterocycles. The largest absolute Gasteiger partial charge is 0.493 e. The zero-order valence-electron chi connectivity index (χ0n) is 10.7. The number of hydrogen-bond donors (Lipinski definition) is 1. The first kappa shape index (κ1) is 12.9. The Hall–Kier alpha value is -2.06. The fourth-order valence-electron chi connectivity index (χ4n) is 2.24. The molecule has 1 aromatic heterocycles. The fraction of sp³-hybridized carbons (Fsp3) is 0.200. The highest BCUT2D eigenvalue weighted by atomic mass is 79.9. The van der Waals surface area contributed by atoms with E-state index in [9.17, 15) is 0 Å². The molecule has 0 bridgehead atoms. The normalized spacial score (nSPS) is 12.4. The summed E-state index contributed by atoms with van der Waals surface area (Å²) in [5.74, 6) is 0.988. The molecule has 0 radical (unpaired) electrons. The highest BCUT2D eigenvalue weighted by Crippen LogP contribution is 2.33. The second-order valence-electron chi connectivity index (χ2n) is 4.55. The van der Waals surface area contributed by atoms with Crippen LogP contribution in [0.3, 0.4) is 0 Å². The number of benzene rings is 1. The number of pyridine rings is 1. The number of nitrogens with one attached hydrogen (secondary N) is 1. The third kappa shape index (κ3) is 2.61. The molecule has 3 rings (SSSR count). The van der Waals surface area contributed by atoms with Crippen molar-refractivity contribution in [3.63, 3.8) is 0 Å². The maximum Gasteiger partial charge on any atom is 0.140 e. The van der Waals surface area contributed by atoms with Crippen molar-refractivity contribution in [3.8, 4) is 11.8 Å². The lowest BCUT2D eigenvalue weighted by Crippen LogP contribution is -2.02. The predicted octanol–water partition coefficient (Wildman–Crippen LogP) is 3.26. The van der Waals surface area contributed by atoms with Crippen LogP contribution in [0.1, 0.15) is 16.8 Å². The van der Waals surface area contributed by atoms with Crippen LogP contribution in [0.25, 0.3) is 0 Å². The minimum absolute atomic E-state index is 0.419. The van der Waals surface area contributed by atoms with Crippen molar-refractivity contribution in [2.75, 3.05) is 11.9 Å². The van der Waals surface area contributed by atoms with Crippen molar-refractivity contribution in [3.05, 3.63) is 51.8 Å². The van der Waals surface area contributed by atoms with Gasteiger partial charge >= 0.3 is 0 Å². The number of halogens is 1. The van der Waals surface area contributed by atoms with Crippen molar-refractivity contribution < 1.29 is 4.74 Å². The van der Waals surface area contributed by atoms with Gasteiger partial charge in [-0.25, -0.2) is 4.98 Å². The van der Waals surface area contributed by atoms with E-state index in [2.05, 4.69) is 38.4 Å². The molecule has 0 saturated carbocycles. The van der Waals surface area contributed by atoms with Crippen molar-refractivity contribution in [2.45, 2.75) is 13.0 Å². The number of anilines is 1. The molecule has 1 aromatic carbocycles. The quantitative estimate of drug-likeness (QED) is 0.938. The lowest BCUT2D eigenvalue weighted by Gasteiger charge is -2.11. The molecule has 0 fully saturated rings. The molecule has 1 aliphatic rings. The van der Waals surface area contributed by atoms with Crippen LogP contribution in [0.2, 0.25) is 0 Å². The van der Waals surface area contributed by atoms with E-state index in [1.54, 1.807) is 12.3 Å². The number of nitrogens with zero attached hydrogens (tertiary/aromatic N) is 2. The minimum Gasteiger partial charge on any atom is -0.493 e. The molecule has 4 nitrogen and oxygen atoms in total. The average Bonchev–Trinajstić information content (AvgIpc) is 2.93. The van der Waals surface area contributed by atoms with Gasteiger partial charge in [0.25, 0.3) is 0 Å². The molecule has 0 spiro atoms. The van der Waals surface area contributed by atoms with E-state index in [0.29, 0.717) is 12.2 Å². The van der Waals surface area contributed by atoms with Crippen LogP contribution in [0.5, 0.6) is 5.75 Å². The highest BCUT2D eigenvalue weighted by molar-refractivity contribution is 9.10. The van der Waals surface area contributed by atoms with Crippen LogP contribution >= 0.6 is 15.9 Å². The van der Waals surface area contributed by atoms with Crippen LogP contribution in [0.4, 0.5) is 5.69 Å². The van der Waals surface area contributed by atoms with Crippen LogP contribution < -0.4 is 10.1 Å². The van der Waals surface area contributed by atoms with Gasteiger partial charge in [-0.15, -0.1) is 0 Å². The van der Waals surface area contributed by atoms with Crippen LogP contribution in [-0.4, -0.2) is 11.6 Å². The van der Waals surface area contributed by atoms with Gasteiger partial charge in [-0.05, 0) is 29.8 Å². The van der Waals surface area contributed by atoms with E-state index >= 15 is 0 Å². The number of aromatic nitrogens is 1. The molecule has 0 unspecified atom stereocenters. The van der Waals surface area contributed by atoms with Gasteiger partial charge in [0.2, 0.25) is 0 Å². The summed E-state index contributed by atoms with van der Waals surface area (Å²) in [6, 6.07) is 9.72.